The van der Waals surface area contributed by atoms with E-state index in [0.717, 1.165) is 22.1 Å². The molecule has 0 N–H and O–H groups in total. The summed E-state index contributed by atoms with van der Waals surface area (Å²) in [7, 11) is 0. The number of imidazole rings is 1. The molecule has 3 aromatic rings. The van der Waals surface area contributed by atoms with Gasteiger partial charge in [-0.05, 0) is 38.8 Å². The van der Waals surface area contributed by atoms with Crippen molar-refractivity contribution in [3.05, 3.63) is 66.4 Å². The van der Waals surface area contributed by atoms with E-state index in [1.54, 1.807) is 0 Å². The molecular weight excluding hydrogens is 434 g/mol. The van der Waals surface area contributed by atoms with E-state index in [0.29, 0.717) is 38.3 Å². The van der Waals surface area contributed by atoms with Gasteiger partial charge in [-0.3, -0.25) is 14.2 Å². The highest BCUT2D eigenvalue weighted by atomic mass is 32.2. The number of thioether (sulfide) groups is 1. The first kappa shape index (κ1) is 23.1. The zero-order valence-corrected chi connectivity index (χ0v) is 19.9. The molecule has 2 aromatic carbocycles. The van der Waals surface area contributed by atoms with Gasteiger partial charge in [0.25, 0.3) is 0 Å². The van der Waals surface area contributed by atoms with Gasteiger partial charge < -0.3 is 9.64 Å². The zero-order valence-electron chi connectivity index (χ0n) is 19.1. The Morgan fingerprint density at radius 1 is 1.06 bits per heavy atom. The molecule has 1 fully saturated rings. The van der Waals surface area contributed by atoms with Gasteiger partial charge in [-0.15, -0.1) is 0 Å². The van der Waals surface area contributed by atoms with Crippen LogP contribution in [0.4, 0.5) is 0 Å². The van der Waals surface area contributed by atoms with E-state index in [4.69, 9.17) is 4.74 Å². The van der Waals surface area contributed by atoms with E-state index in [2.05, 4.69) is 52.9 Å². The van der Waals surface area contributed by atoms with Crippen LogP contribution in [0.25, 0.3) is 16.9 Å². The molecule has 1 aliphatic heterocycles. The van der Waals surface area contributed by atoms with Gasteiger partial charge in [-0.25, -0.2) is 4.98 Å². The number of aryl methyl sites for hydroxylation is 1. The van der Waals surface area contributed by atoms with Crippen LogP contribution in [0.3, 0.4) is 0 Å². The van der Waals surface area contributed by atoms with Crippen LogP contribution in [0.2, 0.25) is 0 Å². The van der Waals surface area contributed by atoms with Gasteiger partial charge >= 0.3 is 5.97 Å². The molecule has 6 nitrogen and oxygen atoms in total. The summed E-state index contributed by atoms with van der Waals surface area (Å²) in [6, 6.07) is 18.5. The second-order valence-corrected chi connectivity index (χ2v) is 9.10. The van der Waals surface area contributed by atoms with Gasteiger partial charge in [-0.1, -0.05) is 59.8 Å². The minimum Gasteiger partial charge on any atom is -0.466 e. The van der Waals surface area contributed by atoms with Crippen molar-refractivity contribution in [1.82, 2.24) is 14.5 Å². The Morgan fingerprint density at radius 3 is 2.42 bits per heavy atom. The average molecular weight is 464 g/mol. The lowest BCUT2D eigenvalue weighted by molar-refractivity contribution is -0.151. The van der Waals surface area contributed by atoms with Crippen LogP contribution in [0.5, 0.6) is 0 Å². The van der Waals surface area contributed by atoms with E-state index >= 15 is 0 Å². The maximum absolute atomic E-state index is 12.9. The standard InChI is InChI=1S/C26H29N3O3S/c1-3-32-25(31)21-13-15-28(16-14-21)24(30)18-33-26-27-17-23(20-7-5-4-6-8-20)29(26)22-11-9-19(2)10-12-22/h4-12,17,21H,3,13-16,18H2,1-2H3. The highest BCUT2D eigenvalue weighted by molar-refractivity contribution is 7.99. The molecule has 0 unspecified atom stereocenters. The van der Waals surface area contributed by atoms with Crippen molar-refractivity contribution in [3.8, 4) is 16.9 Å². The quantitative estimate of drug-likeness (QED) is 0.374. The first-order chi connectivity index (χ1) is 16.1. The number of benzene rings is 2. The predicted molar refractivity (Wildman–Crippen MR) is 130 cm³/mol. The van der Waals surface area contributed by atoms with Crippen LogP contribution in [0.15, 0.2) is 66.0 Å². The Balaban J connectivity index is 1.47. The predicted octanol–water partition coefficient (Wildman–Crippen LogP) is 4.74. The number of likely N-dealkylation sites (tertiary alicyclic amines) is 1. The third-order valence-electron chi connectivity index (χ3n) is 5.88. The van der Waals surface area contributed by atoms with E-state index < -0.39 is 0 Å². The molecule has 1 amide bonds. The van der Waals surface area contributed by atoms with Crippen molar-refractivity contribution in [3.63, 3.8) is 0 Å². The van der Waals surface area contributed by atoms with Gasteiger partial charge in [0, 0.05) is 24.3 Å². The first-order valence-electron chi connectivity index (χ1n) is 11.3. The summed E-state index contributed by atoms with van der Waals surface area (Å²) in [6.07, 6.45) is 3.18. The molecule has 7 heteroatoms. The summed E-state index contributed by atoms with van der Waals surface area (Å²) in [5.41, 5.74) is 4.27. The number of rotatable bonds is 7. The van der Waals surface area contributed by atoms with Gasteiger partial charge in [0.15, 0.2) is 5.16 Å². The fraction of sp³-hybridized carbons (Fsp3) is 0.346. The molecular formula is C26H29N3O3S. The van der Waals surface area contributed by atoms with E-state index in [9.17, 15) is 9.59 Å². The molecule has 0 aliphatic carbocycles. The van der Waals surface area contributed by atoms with Crippen LogP contribution in [0, 0.1) is 12.8 Å². The minimum absolute atomic E-state index is 0.0713. The molecule has 1 aromatic heterocycles. The Morgan fingerprint density at radius 2 is 1.76 bits per heavy atom. The van der Waals surface area contributed by atoms with Crippen molar-refractivity contribution >= 4 is 23.6 Å². The number of ether oxygens (including phenoxy) is 1. The maximum Gasteiger partial charge on any atom is 0.309 e. The second-order valence-electron chi connectivity index (χ2n) is 8.16. The van der Waals surface area contributed by atoms with Gasteiger partial charge in [0.05, 0.1) is 30.2 Å². The van der Waals surface area contributed by atoms with Crippen LogP contribution in [-0.2, 0) is 14.3 Å². The number of esters is 1. The summed E-state index contributed by atoms with van der Waals surface area (Å²) >= 11 is 1.45. The van der Waals surface area contributed by atoms with E-state index in [1.165, 1.54) is 17.3 Å². The molecule has 1 aliphatic rings. The molecule has 1 saturated heterocycles. The van der Waals surface area contributed by atoms with Gasteiger partial charge in [-0.2, -0.15) is 0 Å². The van der Waals surface area contributed by atoms with Gasteiger partial charge in [0.2, 0.25) is 5.91 Å². The number of piperidine rings is 1. The highest BCUT2D eigenvalue weighted by Crippen LogP contribution is 2.30. The molecule has 4 rings (SSSR count). The molecule has 0 atom stereocenters. The number of nitrogens with zero attached hydrogens (tertiary/aromatic N) is 3. The highest BCUT2D eigenvalue weighted by Gasteiger charge is 2.28. The van der Waals surface area contributed by atoms with Crippen LogP contribution in [0.1, 0.15) is 25.3 Å². The lowest BCUT2D eigenvalue weighted by atomic mass is 9.97. The van der Waals surface area contributed by atoms with E-state index in [1.807, 2.05) is 36.2 Å². The van der Waals surface area contributed by atoms with Crippen molar-refractivity contribution in [2.75, 3.05) is 25.4 Å². The minimum atomic E-state index is -0.146. The monoisotopic (exact) mass is 463 g/mol. The van der Waals surface area contributed by atoms with Gasteiger partial charge in [0.1, 0.15) is 0 Å². The molecule has 0 saturated carbocycles. The molecule has 172 valence electrons. The number of carbonyl (C=O) groups excluding carboxylic acids is 2. The number of hydrogen-bond acceptors (Lipinski definition) is 5. The van der Waals surface area contributed by atoms with Crippen LogP contribution in [-0.4, -0.2) is 51.8 Å². The summed E-state index contributed by atoms with van der Waals surface area (Å²) in [5, 5.41) is 0.785. The van der Waals surface area contributed by atoms with Crippen molar-refractivity contribution in [2.45, 2.75) is 31.8 Å². The Hall–Kier alpha value is -3.06. The fourth-order valence-corrected chi connectivity index (χ4v) is 4.93. The number of amides is 1. The maximum atomic E-state index is 12.9. The lowest BCUT2D eigenvalue weighted by Crippen LogP contribution is -2.41. The molecule has 0 spiro atoms. The topological polar surface area (TPSA) is 64.4 Å². The normalized spacial score (nSPS) is 14.3. The Labute approximate surface area is 199 Å². The van der Waals surface area contributed by atoms with Crippen LogP contribution >= 0.6 is 11.8 Å². The Kier molecular flexibility index (Phi) is 7.50. The number of hydrogen-bond donors (Lipinski definition) is 0. The number of aromatic nitrogens is 2. The summed E-state index contributed by atoms with van der Waals surface area (Å²) in [6.45, 7) is 5.45. The SMILES string of the molecule is CCOC(=O)C1CCN(C(=O)CSc2ncc(-c3ccccc3)n2-c2ccc(C)cc2)CC1. The fourth-order valence-electron chi connectivity index (χ4n) is 4.03. The van der Waals surface area contributed by atoms with E-state index in [-0.39, 0.29) is 17.8 Å². The average Bonchev–Trinajstić information content (AvgIpc) is 3.28. The lowest BCUT2D eigenvalue weighted by Gasteiger charge is -2.30. The molecule has 33 heavy (non-hydrogen) atoms. The molecule has 0 bridgehead atoms. The first-order valence-corrected chi connectivity index (χ1v) is 12.3. The third-order valence-corrected chi connectivity index (χ3v) is 6.82. The second kappa shape index (κ2) is 10.7. The molecule has 0 radical (unpaired) electrons. The smallest absolute Gasteiger partial charge is 0.309 e. The van der Waals surface area contributed by atoms with Crippen molar-refractivity contribution in [1.29, 1.82) is 0 Å². The largest absolute Gasteiger partial charge is 0.466 e. The Bertz CT molecular complexity index is 1090. The summed E-state index contributed by atoms with van der Waals surface area (Å²) in [5.74, 6) is 0.131. The zero-order chi connectivity index (χ0) is 23.2. The van der Waals surface area contributed by atoms with Crippen LogP contribution < -0.4 is 0 Å². The third kappa shape index (κ3) is 5.47. The number of carbonyl (C=O) groups is 2. The summed E-state index contributed by atoms with van der Waals surface area (Å²) in [4.78, 5) is 31.4. The van der Waals surface area contributed by atoms with Crippen molar-refractivity contribution in [2.24, 2.45) is 5.92 Å². The summed E-state index contributed by atoms with van der Waals surface area (Å²) < 4.78 is 7.24. The van der Waals surface area contributed by atoms with Crippen molar-refractivity contribution < 1.29 is 14.3 Å². The molecule has 2 heterocycles.